The fourth-order valence-corrected chi connectivity index (χ4v) is 2.36. The van der Waals surface area contributed by atoms with Gasteiger partial charge in [-0.1, -0.05) is 52.4 Å². The van der Waals surface area contributed by atoms with Gasteiger partial charge in [-0.05, 0) is 6.42 Å². The molecule has 2 N–H and O–H groups in total. The lowest BCUT2D eigenvalue weighted by molar-refractivity contribution is -0.0971. The molecule has 1 fully saturated rings. The predicted octanol–water partition coefficient (Wildman–Crippen LogP) is 2.94. The first-order valence-electron chi connectivity index (χ1n) is 8.22. The summed E-state index contributed by atoms with van der Waals surface area (Å²) in [5.41, 5.74) is 0.289. The summed E-state index contributed by atoms with van der Waals surface area (Å²) in [6.07, 6.45) is 9.41. The number of hydrogen-bond donors (Lipinski definition) is 2. The average molecular weight is 283 g/mol. The number of guanidine groups is 1. The van der Waals surface area contributed by atoms with E-state index in [1.54, 1.807) is 0 Å². The van der Waals surface area contributed by atoms with E-state index >= 15 is 0 Å². The van der Waals surface area contributed by atoms with Crippen LogP contribution in [0.3, 0.4) is 0 Å². The number of unbranched alkanes of at least 4 members (excludes halogenated alkanes) is 6. The van der Waals surface area contributed by atoms with E-state index in [4.69, 9.17) is 4.74 Å². The van der Waals surface area contributed by atoms with Gasteiger partial charge in [0.15, 0.2) is 5.96 Å². The highest BCUT2D eigenvalue weighted by Crippen LogP contribution is 2.24. The molecule has 4 heteroatoms. The van der Waals surface area contributed by atoms with Crippen molar-refractivity contribution in [1.29, 1.82) is 0 Å². The maximum Gasteiger partial charge on any atom is 0.190 e. The topological polar surface area (TPSA) is 45.7 Å². The van der Waals surface area contributed by atoms with Gasteiger partial charge in [0.05, 0.1) is 13.2 Å². The summed E-state index contributed by atoms with van der Waals surface area (Å²) in [4.78, 5) is 4.26. The summed E-state index contributed by atoms with van der Waals surface area (Å²) in [6.45, 7) is 8.17. The van der Waals surface area contributed by atoms with Crippen LogP contribution in [-0.4, -0.2) is 39.3 Å². The minimum atomic E-state index is 0.289. The van der Waals surface area contributed by atoms with Gasteiger partial charge in [-0.25, -0.2) is 0 Å². The van der Waals surface area contributed by atoms with E-state index in [1.165, 1.54) is 44.9 Å². The van der Waals surface area contributed by atoms with Crippen LogP contribution in [0, 0.1) is 5.41 Å². The minimum Gasteiger partial charge on any atom is -0.380 e. The van der Waals surface area contributed by atoms with Gasteiger partial charge in [-0.3, -0.25) is 4.99 Å². The SMILES string of the molecule is CCCCCCCCCNC(=NC)NCC1(C)COC1. The van der Waals surface area contributed by atoms with Gasteiger partial charge in [0.25, 0.3) is 0 Å². The Morgan fingerprint density at radius 3 is 2.25 bits per heavy atom. The summed E-state index contributed by atoms with van der Waals surface area (Å²) in [5, 5.41) is 6.78. The largest absolute Gasteiger partial charge is 0.380 e. The van der Waals surface area contributed by atoms with Crippen LogP contribution >= 0.6 is 0 Å². The third-order valence-electron chi connectivity index (χ3n) is 3.88. The first-order valence-corrected chi connectivity index (χ1v) is 8.22. The van der Waals surface area contributed by atoms with Gasteiger partial charge in [0, 0.05) is 25.6 Å². The van der Waals surface area contributed by atoms with E-state index in [0.29, 0.717) is 0 Å². The fraction of sp³-hybridized carbons (Fsp3) is 0.938. The second kappa shape index (κ2) is 10.0. The molecule has 0 aliphatic carbocycles. The molecule has 0 aromatic heterocycles. The van der Waals surface area contributed by atoms with E-state index in [2.05, 4.69) is 29.5 Å². The highest BCUT2D eigenvalue weighted by Gasteiger charge is 2.33. The zero-order valence-corrected chi connectivity index (χ0v) is 13.6. The number of aliphatic imine (C=N–C) groups is 1. The Balaban J connectivity index is 1.96. The molecule has 1 rings (SSSR count). The number of nitrogens with zero attached hydrogens (tertiary/aromatic N) is 1. The summed E-state index contributed by atoms with van der Waals surface area (Å²) in [5.74, 6) is 0.920. The Morgan fingerprint density at radius 1 is 1.05 bits per heavy atom. The third-order valence-corrected chi connectivity index (χ3v) is 3.88. The maximum atomic E-state index is 5.26. The molecule has 0 spiro atoms. The molecule has 0 atom stereocenters. The molecule has 20 heavy (non-hydrogen) atoms. The highest BCUT2D eigenvalue weighted by molar-refractivity contribution is 5.79. The molecule has 1 aliphatic rings. The summed E-state index contributed by atoms with van der Waals surface area (Å²) in [7, 11) is 1.83. The molecule has 0 amide bonds. The molecule has 1 saturated heterocycles. The molecule has 0 aromatic rings. The maximum absolute atomic E-state index is 5.26. The van der Waals surface area contributed by atoms with Crippen molar-refractivity contribution < 1.29 is 4.74 Å². The van der Waals surface area contributed by atoms with E-state index in [9.17, 15) is 0 Å². The van der Waals surface area contributed by atoms with Crippen molar-refractivity contribution in [2.24, 2.45) is 10.4 Å². The number of hydrogen-bond acceptors (Lipinski definition) is 2. The lowest BCUT2D eigenvalue weighted by Crippen LogP contribution is -2.51. The van der Waals surface area contributed by atoms with Gasteiger partial charge in [-0.2, -0.15) is 0 Å². The van der Waals surface area contributed by atoms with Gasteiger partial charge in [0.1, 0.15) is 0 Å². The van der Waals surface area contributed by atoms with Gasteiger partial charge in [0.2, 0.25) is 0 Å². The fourth-order valence-electron chi connectivity index (χ4n) is 2.36. The quantitative estimate of drug-likeness (QED) is 0.368. The van der Waals surface area contributed by atoms with Crippen LogP contribution < -0.4 is 10.6 Å². The summed E-state index contributed by atoms with van der Waals surface area (Å²) < 4.78 is 5.26. The Kier molecular flexibility index (Phi) is 8.67. The number of nitrogens with one attached hydrogen (secondary N) is 2. The van der Waals surface area contributed by atoms with Crippen molar-refractivity contribution >= 4 is 5.96 Å². The van der Waals surface area contributed by atoms with Crippen LogP contribution in [0.2, 0.25) is 0 Å². The lowest BCUT2D eigenvalue weighted by atomic mass is 9.89. The normalized spacial score (nSPS) is 17.6. The Labute approximate surface area is 124 Å². The van der Waals surface area contributed by atoms with E-state index in [1.807, 2.05) is 7.05 Å². The smallest absolute Gasteiger partial charge is 0.190 e. The molecular formula is C16H33N3O. The van der Waals surface area contributed by atoms with Crippen LogP contribution in [0.15, 0.2) is 4.99 Å². The third kappa shape index (κ3) is 7.13. The van der Waals surface area contributed by atoms with E-state index < -0.39 is 0 Å². The molecule has 0 radical (unpaired) electrons. The van der Waals surface area contributed by atoms with Crippen molar-refractivity contribution in [2.75, 3.05) is 33.4 Å². The average Bonchev–Trinajstić information content (AvgIpc) is 2.43. The Hall–Kier alpha value is -0.770. The molecule has 1 heterocycles. The monoisotopic (exact) mass is 283 g/mol. The molecule has 1 aliphatic heterocycles. The first kappa shape index (κ1) is 17.3. The van der Waals surface area contributed by atoms with Crippen LogP contribution in [0.4, 0.5) is 0 Å². The summed E-state index contributed by atoms with van der Waals surface area (Å²) in [6, 6.07) is 0. The lowest BCUT2D eigenvalue weighted by Gasteiger charge is -2.38. The standard InChI is InChI=1S/C16H33N3O/c1-4-5-6-7-8-9-10-11-18-15(17-3)19-12-16(2)13-20-14-16/h4-14H2,1-3H3,(H2,17,18,19). The second-order valence-electron chi connectivity index (χ2n) is 6.28. The van der Waals surface area contributed by atoms with E-state index in [-0.39, 0.29) is 5.41 Å². The minimum absolute atomic E-state index is 0.289. The van der Waals surface area contributed by atoms with Gasteiger partial charge in [-0.15, -0.1) is 0 Å². The summed E-state index contributed by atoms with van der Waals surface area (Å²) >= 11 is 0. The zero-order valence-electron chi connectivity index (χ0n) is 13.6. The van der Waals surface area contributed by atoms with Crippen LogP contribution in [-0.2, 0) is 4.74 Å². The molecular weight excluding hydrogens is 250 g/mol. The molecule has 0 saturated carbocycles. The predicted molar refractivity (Wildman–Crippen MR) is 86.3 cm³/mol. The Morgan fingerprint density at radius 2 is 1.70 bits per heavy atom. The van der Waals surface area contributed by atoms with Crippen LogP contribution in [0.1, 0.15) is 58.8 Å². The second-order valence-corrected chi connectivity index (χ2v) is 6.28. The number of ether oxygens (including phenoxy) is 1. The van der Waals surface area contributed by atoms with E-state index in [0.717, 1.165) is 32.3 Å². The van der Waals surface area contributed by atoms with Crippen LogP contribution in [0.5, 0.6) is 0 Å². The first-order chi connectivity index (χ1) is 9.70. The van der Waals surface area contributed by atoms with Crippen LogP contribution in [0.25, 0.3) is 0 Å². The number of rotatable bonds is 10. The molecule has 4 nitrogen and oxygen atoms in total. The van der Waals surface area contributed by atoms with Crippen molar-refractivity contribution in [3.63, 3.8) is 0 Å². The molecule has 0 aromatic carbocycles. The van der Waals surface area contributed by atoms with Crippen molar-refractivity contribution in [1.82, 2.24) is 10.6 Å². The van der Waals surface area contributed by atoms with Gasteiger partial charge >= 0.3 is 0 Å². The Bertz CT molecular complexity index is 275. The van der Waals surface area contributed by atoms with Gasteiger partial charge < -0.3 is 15.4 Å². The zero-order chi connectivity index (χ0) is 14.7. The van der Waals surface area contributed by atoms with Crippen molar-refractivity contribution in [3.8, 4) is 0 Å². The molecule has 118 valence electrons. The molecule has 0 bridgehead atoms. The highest BCUT2D eigenvalue weighted by atomic mass is 16.5. The van der Waals surface area contributed by atoms with Crippen molar-refractivity contribution in [2.45, 2.75) is 58.8 Å². The van der Waals surface area contributed by atoms with Crippen molar-refractivity contribution in [3.05, 3.63) is 0 Å². The molecule has 0 unspecified atom stereocenters.